The molecule has 1 saturated carbocycles. The number of carbonyl (C=O) groups is 1. The first-order valence-electron chi connectivity index (χ1n) is 6.59. The molecule has 0 unspecified atom stereocenters. The maximum Gasteiger partial charge on any atom is 0.272 e. The summed E-state index contributed by atoms with van der Waals surface area (Å²) in [6, 6.07) is 6.88. The van der Waals surface area contributed by atoms with E-state index in [0.717, 1.165) is 12.8 Å². The van der Waals surface area contributed by atoms with Gasteiger partial charge >= 0.3 is 0 Å². The molecule has 1 heterocycles. The van der Waals surface area contributed by atoms with Crippen molar-refractivity contribution in [1.82, 2.24) is 15.5 Å². The van der Waals surface area contributed by atoms with Gasteiger partial charge in [-0.25, -0.2) is 5.10 Å². The molecule has 20 heavy (non-hydrogen) atoms. The van der Waals surface area contributed by atoms with Crippen LogP contribution in [-0.4, -0.2) is 33.9 Å². The third-order valence-electron chi connectivity index (χ3n) is 3.67. The molecule has 6 heteroatoms. The highest BCUT2D eigenvalue weighted by atomic mass is 16.3. The fourth-order valence-corrected chi connectivity index (χ4v) is 2.48. The highest BCUT2D eigenvalue weighted by Crippen LogP contribution is 2.26. The number of aromatic amines is 1. The average molecular weight is 273 g/mol. The van der Waals surface area contributed by atoms with Gasteiger partial charge in [0.05, 0.1) is 11.5 Å². The number of benzene rings is 1. The zero-order valence-corrected chi connectivity index (χ0v) is 10.8. The van der Waals surface area contributed by atoms with Crippen LogP contribution in [0, 0.1) is 5.92 Å². The number of carbonyl (C=O) groups excluding carboxylic acids is 1. The molecule has 0 radical (unpaired) electrons. The molecule has 0 atom stereocenters. The van der Waals surface area contributed by atoms with E-state index in [0.29, 0.717) is 23.2 Å². The van der Waals surface area contributed by atoms with Gasteiger partial charge in [-0.05, 0) is 24.8 Å². The van der Waals surface area contributed by atoms with Crippen LogP contribution in [0.3, 0.4) is 0 Å². The van der Waals surface area contributed by atoms with Crippen LogP contribution in [0.15, 0.2) is 29.1 Å². The summed E-state index contributed by atoms with van der Waals surface area (Å²) in [5, 5.41) is 19.2. The average Bonchev–Trinajstić information content (AvgIpc) is 2.43. The van der Waals surface area contributed by atoms with E-state index in [1.165, 1.54) is 0 Å². The van der Waals surface area contributed by atoms with E-state index in [4.69, 9.17) is 0 Å². The second-order valence-corrected chi connectivity index (χ2v) is 5.15. The Morgan fingerprint density at radius 1 is 1.35 bits per heavy atom. The molecule has 104 valence electrons. The molecule has 1 aromatic heterocycles. The Morgan fingerprint density at radius 2 is 2.05 bits per heavy atom. The number of amides is 1. The predicted octanol–water partition coefficient (Wildman–Crippen LogP) is 0.424. The minimum Gasteiger partial charge on any atom is -0.393 e. The van der Waals surface area contributed by atoms with Crippen LogP contribution in [0.4, 0.5) is 0 Å². The summed E-state index contributed by atoms with van der Waals surface area (Å²) in [5.74, 6) is 0.0156. The Morgan fingerprint density at radius 3 is 2.75 bits per heavy atom. The molecule has 1 aliphatic rings. The normalized spacial score (nSPS) is 21.4. The molecule has 0 spiro atoms. The van der Waals surface area contributed by atoms with Crippen molar-refractivity contribution in [2.75, 3.05) is 6.54 Å². The maximum absolute atomic E-state index is 12.1. The van der Waals surface area contributed by atoms with Crippen LogP contribution in [-0.2, 0) is 0 Å². The molecular weight excluding hydrogens is 258 g/mol. The van der Waals surface area contributed by atoms with E-state index in [9.17, 15) is 14.7 Å². The molecule has 3 N–H and O–H groups in total. The smallest absolute Gasteiger partial charge is 0.272 e. The summed E-state index contributed by atoms with van der Waals surface area (Å²) in [5.41, 5.74) is -0.0839. The standard InChI is InChI=1S/C14H15N3O3/c18-9-5-8(6-9)7-15-14(20)12-10-3-1-2-4-11(10)13(19)17-16-12/h1-4,8-9,18H,5-7H2,(H,15,20)(H,17,19). The van der Waals surface area contributed by atoms with Crippen molar-refractivity contribution in [3.8, 4) is 0 Å². The largest absolute Gasteiger partial charge is 0.393 e. The highest BCUT2D eigenvalue weighted by Gasteiger charge is 2.27. The van der Waals surface area contributed by atoms with Crippen molar-refractivity contribution < 1.29 is 9.90 Å². The Hall–Kier alpha value is -2.21. The third-order valence-corrected chi connectivity index (χ3v) is 3.67. The number of aliphatic hydroxyl groups is 1. The first-order valence-corrected chi connectivity index (χ1v) is 6.59. The van der Waals surface area contributed by atoms with Crippen LogP contribution in [0.5, 0.6) is 0 Å². The van der Waals surface area contributed by atoms with E-state index in [2.05, 4.69) is 15.5 Å². The van der Waals surface area contributed by atoms with E-state index in [1.807, 2.05) is 0 Å². The van der Waals surface area contributed by atoms with Crippen LogP contribution in [0.2, 0.25) is 0 Å². The zero-order valence-electron chi connectivity index (χ0n) is 10.8. The van der Waals surface area contributed by atoms with Gasteiger partial charge in [-0.2, -0.15) is 5.10 Å². The summed E-state index contributed by atoms with van der Waals surface area (Å²) in [4.78, 5) is 23.8. The molecule has 6 nitrogen and oxygen atoms in total. The van der Waals surface area contributed by atoms with Gasteiger partial charge in [0.2, 0.25) is 0 Å². The monoisotopic (exact) mass is 273 g/mol. The minimum absolute atomic E-state index is 0.222. The van der Waals surface area contributed by atoms with Gasteiger partial charge in [0.1, 0.15) is 0 Å². The van der Waals surface area contributed by atoms with Crippen molar-refractivity contribution in [2.45, 2.75) is 18.9 Å². The van der Waals surface area contributed by atoms with Gasteiger partial charge in [0, 0.05) is 11.9 Å². The summed E-state index contributed by atoms with van der Waals surface area (Å²) in [7, 11) is 0. The molecule has 3 rings (SSSR count). The van der Waals surface area contributed by atoms with Crippen LogP contribution >= 0.6 is 0 Å². The van der Waals surface area contributed by atoms with Crippen molar-refractivity contribution in [3.05, 3.63) is 40.3 Å². The molecule has 1 aromatic carbocycles. The number of nitrogens with zero attached hydrogens (tertiary/aromatic N) is 1. The topological polar surface area (TPSA) is 95.1 Å². The fraction of sp³-hybridized carbons (Fsp3) is 0.357. The molecule has 0 saturated heterocycles. The fourth-order valence-electron chi connectivity index (χ4n) is 2.48. The lowest BCUT2D eigenvalue weighted by atomic mass is 9.82. The summed E-state index contributed by atoms with van der Waals surface area (Å²) >= 11 is 0. The Labute approximate surface area is 114 Å². The van der Waals surface area contributed by atoms with E-state index >= 15 is 0 Å². The van der Waals surface area contributed by atoms with Gasteiger partial charge in [-0.15, -0.1) is 0 Å². The van der Waals surface area contributed by atoms with Crippen molar-refractivity contribution >= 4 is 16.7 Å². The Kier molecular flexibility index (Phi) is 3.23. The van der Waals surface area contributed by atoms with Crippen molar-refractivity contribution in [1.29, 1.82) is 0 Å². The van der Waals surface area contributed by atoms with Crippen LogP contribution < -0.4 is 10.9 Å². The molecule has 1 fully saturated rings. The van der Waals surface area contributed by atoms with E-state index in [-0.39, 0.29) is 23.3 Å². The number of nitrogens with one attached hydrogen (secondary N) is 2. The lowest BCUT2D eigenvalue weighted by molar-refractivity contribution is 0.0420. The van der Waals surface area contributed by atoms with Gasteiger partial charge in [-0.3, -0.25) is 9.59 Å². The van der Waals surface area contributed by atoms with Gasteiger partial charge < -0.3 is 10.4 Å². The Bertz CT molecular complexity index is 704. The van der Waals surface area contributed by atoms with Gasteiger partial charge in [0.15, 0.2) is 5.69 Å². The number of hydrogen-bond donors (Lipinski definition) is 3. The lowest BCUT2D eigenvalue weighted by Crippen LogP contribution is -2.38. The number of aromatic nitrogens is 2. The molecule has 0 aliphatic heterocycles. The summed E-state index contributed by atoms with van der Waals surface area (Å²) in [6.45, 7) is 0.519. The molecule has 1 aliphatic carbocycles. The molecule has 1 amide bonds. The molecule has 0 bridgehead atoms. The number of H-pyrrole nitrogens is 1. The minimum atomic E-state index is -0.307. The van der Waals surface area contributed by atoms with Crippen LogP contribution in [0.1, 0.15) is 23.3 Å². The third kappa shape index (κ3) is 2.30. The number of fused-ring (bicyclic) bond motifs is 1. The zero-order chi connectivity index (χ0) is 14.1. The first kappa shape index (κ1) is 12.8. The quantitative estimate of drug-likeness (QED) is 0.755. The first-order chi connectivity index (χ1) is 9.65. The predicted molar refractivity (Wildman–Crippen MR) is 73.4 cm³/mol. The number of aliphatic hydroxyl groups excluding tert-OH is 1. The second kappa shape index (κ2) is 5.05. The SMILES string of the molecule is O=C(NCC1CC(O)C1)c1n[nH]c(=O)c2ccccc12. The number of rotatable bonds is 3. The summed E-state index contributed by atoms with van der Waals surface area (Å²) in [6.07, 6.45) is 1.21. The Balaban J connectivity index is 1.81. The number of hydrogen-bond acceptors (Lipinski definition) is 4. The van der Waals surface area contributed by atoms with Crippen molar-refractivity contribution in [2.24, 2.45) is 5.92 Å². The van der Waals surface area contributed by atoms with Gasteiger partial charge in [-0.1, -0.05) is 18.2 Å². The van der Waals surface area contributed by atoms with Crippen LogP contribution in [0.25, 0.3) is 10.8 Å². The van der Waals surface area contributed by atoms with Gasteiger partial charge in [0.25, 0.3) is 11.5 Å². The lowest BCUT2D eigenvalue weighted by Gasteiger charge is -2.31. The highest BCUT2D eigenvalue weighted by molar-refractivity contribution is 6.04. The van der Waals surface area contributed by atoms with Crippen molar-refractivity contribution in [3.63, 3.8) is 0 Å². The van der Waals surface area contributed by atoms with E-state index < -0.39 is 0 Å². The second-order valence-electron chi connectivity index (χ2n) is 5.15. The summed E-state index contributed by atoms with van der Waals surface area (Å²) < 4.78 is 0. The molecular formula is C14H15N3O3. The molecule has 2 aromatic rings. The van der Waals surface area contributed by atoms with E-state index in [1.54, 1.807) is 24.3 Å². The maximum atomic E-state index is 12.1.